The first kappa shape index (κ1) is 26.4. The highest BCUT2D eigenvalue weighted by molar-refractivity contribution is 8.42. The zero-order valence-electron chi connectivity index (χ0n) is 20.8. The fourth-order valence-electron chi connectivity index (χ4n) is 3.61. The number of rotatable bonds is 8. The van der Waals surface area contributed by atoms with Crippen LogP contribution in [0.1, 0.15) is 23.6 Å². The SMILES string of the molecule is CCc1cc(C)cc(OCCOc2ccc(/C=C3/C(=N)N4N=C(S(C)(=O)=O)SC4=NC3=O)cc2OC)c1. The number of sulfone groups is 1. The summed E-state index contributed by atoms with van der Waals surface area (Å²) < 4.78 is 40.5. The number of aryl methyl sites for hydroxylation is 2. The van der Waals surface area contributed by atoms with E-state index < -0.39 is 15.7 Å². The Morgan fingerprint density at radius 1 is 1.11 bits per heavy atom. The van der Waals surface area contributed by atoms with E-state index in [1.165, 1.54) is 18.7 Å². The van der Waals surface area contributed by atoms with E-state index in [9.17, 15) is 13.2 Å². The maximum Gasteiger partial charge on any atom is 0.283 e. The number of benzene rings is 2. The summed E-state index contributed by atoms with van der Waals surface area (Å²) in [6.07, 6.45) is 3.41. The van der Waals surface area contributed by atoms with Gasteiger partial charge >= 0.3 is 0 Å². The van der Waals surface area contributed by atoms with Crippen molar-refractivity contribution in [2.75, 3.05) is 26.6 Å². The summed E-state index contributed by atoms with van der Waals surface area (Å²) in [7, 11) is -2.10. The number of amidine groups is 2. The number of carbonyl (C=O) groups is 1. The molecule has 0 saturated carbocycles. The largest absolute Gasteiger partial charge is 0.493 e. The van der Waals surface area contributed by atoms with Crippen LogP contribution in [0, 0.1) is 12.3 Å². The molecule has 0 aromatic heterocycles. The fourth-order valence-corrected chi connectivity index (χ4v) is 5.29. The van der Waals surface area contributed by atoms with Gasteiger partial charge in [0.2, 0.25) is 19.4 Å². The molecule has 1 amide bonds. The van der Waals surface area contributed by atoms with Gasteiger partial charge in [-0.3, -0.25) is 10.2 Å². The number of aliphatic imine (C=N–C) groups is 1. The van der Waals surface area contributed by atoms with Gasteiger partial charge in [-0.25, -0.2) is 8.42 Å². The minimum absolute atomic E-state index is 0.0309. The number of fused-ring (bicyclic) bond motifs is 1. The molecule has 0 spiro atoms. The molecule has 0 atom stereocenters. The van der Waals surface area contributed by atoms with Crippen LogP contribution in [0.3, 0.4) is 0 Å². The molecule has 2 aromatic rings. The van der Waals surface area contributed by atoms with Crippen molar-refractivity contribution < 1.29 is 27.4 Å². The van der Waals surface area contributed by atoms with E-state index >= 15 is 0 Å². The van der Waals surface area contributed by atoms with Crippen molar-refractivity contribution in [3.05, 3.63) is 58.7 Å². The van der Waals surface area contributed by atoms with E-state index in [1.54, 1.807) is 18.2 Å². The molecule has 10 nitrogen and oxygen atoms in total. The molecule has 2 aromatic carbocycles. The van der Waals surface area contributed by atoms with Crippen LogP contribution < -0.4 is 14.2 Å². The predicted molar refractivity (Wildman–Crippen MR) is 144 cm³/mol. The minimum Gasteiger partial charge on any atom is -0.493 e. The lowest BCUT2D eigenvalue weighted by molar-refractivity contribution is -0.114. The highest BCUT2D eigenvalue weighted by atomic mass is 32.3. The van der Waals surface area contributed by atoms with Crippen LogP contribution in [-0.4, -0.2) is 61.3 Å². The number of nitrogens with zero attached hydrogens (tertiary/aromatic N) is 3. The molecular formula is C25H26N4O6S2. The normalized spacial score (nSPS) is 16.4. The minimum atomic E-state index is -3.60. The number of nitrogens with one attached hydrogen (secondary N) is 1. The molecule has 194 valence electrons. The van der Waals surface area contributed by atoms with Crippen molar-refractivity contribution in [1.29, 1.82) is 5.41 Å². The maximum absolute atomic E-state index is 12.6. The summed E-state index contributed by atoms with van der Waals surface area (Å²) >= 11 is 0.738. The first-order chi connectivity index (χ1) is 17.6. The Labute approximate surface area is 219 Å². The van der Waals surface area contributed by atoms with Gasteiger partial charge in [0.1, 0.15) is 19.0 Å². The number of hydrazone groups is 1. The summed E-state index contributed by atoms with van der Waals surface area (Å²) in [5.41, 5.74) is 2.88. The van der Waals surface area contributed by atoms with Crippen LogP contribution in [-0.2, 0) is 21.1 Å². The van der Waals surface area contributed by atoms with Gasteiger partial charge in [-0.05, 0) is 72.1 Å². The monoisotopic (exact) mass is 542 g/mol. The Morgan fingerprint density at radius 3 is 2.57 bits per heavy atom. The molecule has 0 unspecified atom stereocenters. The molecule has 37 heavy (non-hydrogen) atoms. The van der Waals surface area contributed by atoms with E-state index in [4.69, 9.17) is 19.6 Å². The van der Waals surface area contributed by atoms with Gasteiger partial charge in [-0.15, -0.1) is 5.10 Å². The third-order valence-electron chi connectivity index (χ3n) is 5.38. The topological polar surface area (TPSA) is 131 Å². The van der Waals surface area contributed by atoms with E-state index in [0.717, 1.165) is 40.8 Å². The molecule has 4 rings (SSSR count). The Balaban J connectivity index is 1.45. The summed E-state index contributed by atoms with van der Waals surface area (Å²) in [5, 5.41) is 13.4. The van der Waals surface area contributed by atoms with E-state index in [0.29, 0.717) is 30.3 Å². The molecule has 2 heterocycles. The van der Waals surface area contributed by atoms with Crippen LogP contribution in [0.5, 0.6) is 17.2 Å². The lowest BCUT2D eigenvalue weighted by Gasteiger charge is -2.20. The van der Waals surface area contributed by atoms with Gasteiger partial charge in [-0.1, -0.05) is 19.1 Å². The molecule has 12 heteroatoms. The zero-order valence-corrected chi connectivity index (χ0v) is 22.4. The van der Waals surface area contributed by atoms with Gasteiger partial charge < -0.3 is 14.2 Å². The number of amides is 1. The lowest BCUT2D eigenvalue weighted by atomic mass is 10.1. The Kier molecular flexibility index (Phi) is 7.69. The maximum atomic E-state index is 12.6. The van der Waals surface area contributed by atoms with Crippen molar-refractivity contribution in [2.24, 2.45) is 10.1 Å². The van der Waals surface area contributed by atoms with Gasteiger partial charge in [0.05, 0.1) is 12.7 Å². The number of hydrogen-bond donors (Lipinski definition) is 1. The molecule has 1 N–H and O–H groups in total. The number of thioether (sulfide) groups is 1. The first-order valence-corrected chi connectivity index (χ1v) is 14.0. The third-order valence-corrected chi connectivity index (χ3v) is 7.96. The number of carbonyl (C=O) groups excluding carboxylic acids is 1. The third kappa shape index (κ3) is 6.03. The fraction of sp³-hybridized carbons (Fsp3) is 0.280. The van der Waals surface area contributed by atoms with Crippen LogP contribution in [0.15, 0.2) is 52.1 Å². The van der Waals surface area contributed by atoms with Crippen molar-refractivity contribution in [3.8, 4) is 17.2 Å². The average Bonchev–Trinajstić information content (AvgIpc) is 3.29. The summed E-state index contributed by atoms with van der Waals surface area (Å²) in [5.74, 6) is 0.804. The van der Waals surface area contributed by atoms with E-state index in [-0.39, 0.29) is 21.0 Å². The quantitative estimate of drug-likeness (QED) is 0.395. The summed E-state index contributed by atoms with van der Waals surface area (Å²) in [4.78, 5) is 16.5. The van der Waals surface area contributed by atoms with E-state index in [1.807, 2.05) is 19.1 Å². The summed E-state index contributed by atoms with van der Waals surface area (Å²) in [6, 6.07) is 11.2. The predicted octanol–water partition coefficient (Wildman–Crippen LogP) is 3.65. The van der Waals surface area contributed by atoms with Crippen molar-refractivity contribution in [3.63, 3.8) is 0 Å². The molecule has 0 fully saturated rings. The number of hydrogen-bond acceptors (Lipinski definition) is 9. The standard InChI is InChI=1S/C25H26N4O6S2/c1-5-16-10-15(2)11-18(12-16)34-8-9-35-20-7-6-17(14-21(20)33-3)13-19-22(26)29-24(27-23(19)30)36-25(28-29)37(4,31)32/h6-7,10-14,26H,5,8-9H2,1-4H3/b19-13-,26-22?. The van der Waals surface area contributed by atoms with Crippen molar-refractivity contribution in [1.82, 2.24) is 5.01 Å². The van der Waals surface area contributed by atoms with Crippen molar-refractivity contribution in [2.45, 2.75) is 20.3 Å². The smallest absolute Gasteiger partial charge is 0.283 e. The Bertz CT molecular complexity index is 1460. The first-order valence-electron chi connectivity index (χ1n) is 11.3. The summed E-state index contributed by atoms with van der Waals surface area (Å²) in [6.45, 7) is 4.76. The van der Waals surface area contributed by atoms with Gasteiger partial charge in [0.25, 0.3) is 5.91 Å². The molecule has 2 aliphatic heterocycles. The van der Waals surface area contributed by atoms with Crippen LogP contribution >= 0.6 is 11.8 Å². The molecule has 2 aliphatic rings. The van der Waals surface area contributed by atoms with E-state index in [2.05, 4.69) is 23.1 Å². The highest BCUT2D eigenvalue weighted by Crippen LogP contribution is 2.32. The lowest BCUT2D eigenvalue weighted by Crippen LogP contribution is -2.35. The second-order valence-corrected chi connectivity index (χ2v) is 11.4. The van der Waals surface area contributed by atoms with Crippen LogP contribution in [0.25, 0.3) is 6.08 Å². The highest BCUT2D eigenvalue weighted by Gasteiger charge is 2.38. The molecular weight excluding hydrogens is 516 g/mol. The zero-order chi connectivity index (χ0) is 26.7. The second-order valence-electron chi connectivity index (χ2n) is 8.27. The van der Waals surface area contributed by atoms with Gasteiger partial charge in [-0.2, -0.15) is 10.0 Å². The average molecular weight is 543 g/mol. The number of methoxy groups -OCH3 is 1. The van der Waals surface area contributed by atoms with Crippen LogP contribution in [0.4, 0.5) is 0 Å². The van der Waals surface area contributed by atoms with Crippen molar-refractivity contribution >= 4 is 49.0 Å². The Morgan fingerprint density at radius 2 is 1.86 bits per heavy atom. The van der Waals surface area contributed by atoms with Gasteiger partial charge in [0, 0.05) is 6.26 Å². The molecule has 0 bridgehead atoms. The molecule has 0 radical (unpaired) electrons. The van der Waals surface area contributed by atoms with Crippen LogP contribution in [0.2, 0.25) is 0 Å². The van der Waals surface area contributed by atoms with Gasteiger partial charge in [0.15, 0.2) is 17.3 Å². The number of ether oxygens (including phenoxy) is 3. The Hall–Kier alpha value is -3.64. The molecule has 0 saturated heterocycles. The molecule has 0 aliphatic carbocycles. The second kappa shape index (κ2) is 10.8.